The number of methoxy groups -OCH3 is 1. The van der Waals surface area contributed by atoms with Crippen molar-refractivity contribution in [2.45, 2.75) is 6.92 Å². The van der Waals surface area contributed by atoms with Crippen molar-refractivity contribution in [3.05, 3.63) is 23.3 Å². The number of carbonyl (C=O) groups excluding carboxylic acids is 1. The van der Waals surface area contributed by atoms with E-state index >= 15 is 0 Å². The molecule has 0 aliphatic carbocycles. The fraction of sp³-hybridized carbons (Fsp3) is 0.462. The van der Waals surface area contributed by atoms with Crippen molar-refractivity contribution >= 4 is 17.3 Å². The normalized spacial score (nSPS) is 10.0. The van der Waals surface area contributed by atoms with Crippen molar-refractivity contribution in [3.8, 4) is 0 Å². The lowest BCUT2D eigenvalue weighted by atomic mass is 10.1. The Morgan fingerprint density at radius 2 is 1.47 bits per heavy atom. The van der Waals surface area contributed by atoms with Gasteiger partial charge in [0.05, 0.1) is 12.7 Å². The largest absolute Gasteiger partial charge is 0.465 e. The zero-order valence-corrected chi connectivity index (χ0v) is 11.4. The number of benzene rings is 1. The van der Waals surface area contributed by atoms with Gasteiger partial charge in [0.15, 0.2) is 0 Å². The fourth-order valence-electron chi connectivity index (χ4n) is 1.85. The maximum absolute atomic E-state index is 11.6. The number of nitrogens with zero attached hydrogens (tertiary/aromatic N) is 2. The molecule has 1 aromatic carbocycles. The van der Waals surface area contributed by atoms with E-state index < -0.39 is 0 Å². The van der Waals surface area contributed by atoms with Crippen LogP contribution in [0, 0.1) is 6.92 Å². The Balaban J connectivity index is 3.42. The zero-order valence-electron chi connectivity index (χ0n) is 11.4. The predicted molar refractivity (Wildman–Crippen MR) is 71.2 cm³/mol. The van der Waals surface area contributed by atoms with Crippen LogP contribution in [0.3, 0.4) is 0 Å². The third kappa shape index (κ3) is 2.70. The van der Waals surface area contributed by atoms with Crippen LogP contribution in [0.15, 0.2) is 12.1 Å². The Morgan fingerprint density at radius 3 is 1.76 bits per heavy atom. The topological polar surface area (TPSA) is 32.8 Å². The van der Waals surface area contributed by atoms with Crippen molar-refractivity contribution < 1.29 is 9.53 Å². The SMILES string of the molecule is COC(=O)c1cc(N(C)C)c(C)c(N(C)C)c1. The summed E-state index contributed by atoms with van der Waals surface area (Å²) in [6.07, 6.45) is 0. The Hall–Kier alpha value is -1.71. The van der Waals surface area contributed by atoms with Gasteiger partial charge in [-0.2, -0.15) is 0 Å². The molecule has 0 saturated carbocycles. The van der Waals surface area contributed by atoms with Gasteiger partial charge in [0.1, 0.15) is 0 Å². The molecule has 0 radical (unpaired) electrons. The first kappa shape index (κ1) is 13.4. The molecule has 0 saturated heterocycles. The minimum absolute atomic E-state index is 0.309. The predicted octanol–water partition coefficient (Wildman–Crippen LogP) is 1.91. The number of ether oxygens (including phenoxy) is 1. The molecule has 0 fully saturated rings. The molecule has 4 nitrogen and oxygen atoms in total. The average molecular weight is 236 g/mol. The second-order valence-corrected chi connectivity index (χ2v) is 4.42. The Labute approximate surface area is 103 Å². The van der Waals surface area contributed by atoms with E-state index in [1.54, 1.807) is 0 Å². The number of hydrogen-bond donors (Lipinski definition) is 0. The molecule has 0 unspecified atom stereocenters. The quantitative estimate of drug-likeness (QED) is 0.751. The highest BCUT2D eigenvalue weighted by Crippen LogP contribution is 2.29. The van der Waals surface area contributed by atoms with Crippen LogP contribution in [0.2, 0.25) is 0 Å². The molecule has 0 atom stereocenters. The molecule has 0 heterocycles. The van der Waals surface area contributed by atoms with Crippen LogP contribution >= 0.6 is 0 Å². The monoisotopic (exact) mass is 236 g/mol. The molecular formula is C13H20N2O2. The van der Waals surface area contributed by atoms with Gasteiger partial charge in [0, 0.05) is 39.6 Å². The summed E-state index contributed by atoms with van der Waals surface area (Å²) in [6.45, 7) is 2.05. The van der Waals surface area contributed by atoms with E-state index in [-0.39, 0.29) is 5.97 Å². The van der Waals surface area contributed by atoms with E-state index in [9.17, 15) is 4.79 Å². The van der Waals surface area contributed by atoms with Crippen molar-refractivity contribution in [1.29, 1.82) is 0 Å². The van der Waals surface area contributed by atoms with Gasteiger partial charge in [-0.25, -0.2) is 4.79 Å². The zero-order chi connectivity index (χ0) is 13.2. The molecule has 0 aliphatic heterocycles. The highest BCUT2D eigenvalue weighted by atomic mass is 16.5. The molecule has 0 spiro atoms. The summed E-state index contributed by atoms with van der Waals surface area (Å²) in [5.74, 6) is -0.309. The minimum atomic E-state index is -0.309. The molecule has 0 N–H and O–H groups in total. The van der Waals surface area contributed by atoms with E-state index in [2.05, 4.69) is 0 Å². The van der Waals surface area contributed by atoms with Crippen LogP contribution in [0.5, 0.6) is 0 Å². The molecular weight excluding hydrogens is 216 g/mol. The van der Waals surface area contributed by atoms with E-state index in [0.717, 1.165) is 16.9 Å². The second-order valence-electron chi connectivity index (χ2n) is 4.42. The Bertz CT molecular complexity index is 396. The third-order valence-electron chi connectivity index (χ3n) is 2.74. The highest BCUT2D eigenvalue weighted by Gasteiger charge is 2.14. The minimum Gasteiger partial charge on any atom is -0.465 e. The van der Waals surface area contributed by atoms with Crippen molar-refractivity contribution in [2.24, 2.45) is 0 Å². The maximum atomic E-state index is 11.6. The summed E-state index contributed by atoms with van der Waals surface area (Å²) >= 11 is 0. The first-order valence-corrected chi connectivity index (χ1v) is 5.46. The van der Waals surface area contributed by atoms with Crippen LogP contribution in [-0.4, -0.2) is 41.3 Å². The number of carbonyl (C=O) groups is 1. The van der Waals surface area contributed by atoms with Crippen LogP contribution in [0.25, 0.3) is 0 Å². The van der Waals surface area contributed by atoms with Gasteiger partial charge in [0.25, 0.3) is 0 Å². The van der Waals surface area contributed by atoms with Gasteiger partial charge in [-0.3, -0.25) is 0 Å². The first-order valence-electron chi connectivity index (χ1n) is 5.46. The van der Waals surface area contributed by atoms with Gasteiger partial charge in [-0.15, -0.1) is 0 Å². The molecule has 17 heavy (non-hydrogen) atoms. The summed E-state index contributed by atoms with van der Waals surface area (Å²) in [5, 5.41) is 0. The van der Waals surface area contributed by atoms with Crippen molar-refractivity contribution in [3.63, 3.8) is 0 Å². The lowest BCUT2D eigenvalue weighted by molar-refractivity contribution is 0.0601. The molecule has 1 rings (SSSR count). The standard InChI is InChI=1S/C13H20N2O2/c1-9-11(14(2)3)7-10(13(16)17-6)8-12(9)15(4)5/h7-8H,1-6H3. The maximum Gasteiger partial charge on any atom is 0.337 e. The molecule has 4 heteroatoms. The van der Waals surface area contributed by atoms with Crippen LogP contribution in [0.1, 0.15) is 15.9 Å². The third-order valence-corrected chi connectivity index (χ3v) is 2.74. The lowest BCUT2D eigenvalue weighted by Crippen LogP contribution is -2.17. The first-order chi connectivity index (χ1) is 7.88. The summed E-state index contributed by atoms with van der Waals surface area (Å²) in [7, 11) is 9.24. The van der Waals surface area contributed by atoms with Crippen molar-refractivity contribution in [1.82, 2.24) is 0 Å². The van der Waals surface area contributed by atoms with Crippen LogP contribution < -0.4 is 9.80 Å². The summed E-state index contributed by atoms with van der Waals surface area (Å²) in [5.41, 5.74) is 3.77. The van der Waals surface area contributed by atoms with Gasteiger partial charge < -0.3 is 14.5 Å². The van der Waals surface area contributed by atoms with Crippen LogP contribution in [-0.2, 0) is 4.74 Å². The second kappa shape index (κ2) is 5.08. The smallest absolute Gasteiger partial charge is 0.337 e. The molecule has 0 bridgehead atoms. The van der Waals surface area contributed by atoms with E-state index in [4.69, 9.17) is 4.74 Å². The van der Waals surface area contributed by atoms with Gasteiger partial charge in [-0.05, 0) is 24.6 Å². The molecule has 0 aliphatic rings. The number of rotatable bonds is 3. The van der Waals surface area contributed by atoms with Crippen molar-refractivity contribution in [2.75, 3.05) is 45.1 Å². The number of esters is 1. The Morgan fingerprint density at radius 1 is 1.06 bits per heavy atom. The van der Waals surface area contributed by atoms with Crippen LogP contribution in [0.4, 0.5) is 11.4 Å². The van der Waals surface area contributed by atoms with Gasteiger partial charge >= 0.3 is 5.97 Å². The van der Waals surface area contributed by atoms with E-state index in [1.165, 1.54) is 7.11 Å². The molecule has 0 amide bonds. The van der Waals surface area contributed by atoms with Gasteiger partial charge in [-0.1, -0.05) is 0 Å². The highest BCUT2D eigenvalue weighted by molar-refractivity contribution is 5.93. The molecule has 94 valence electrons. The Kier molecular flexibility index (Phi) is 3.99. The lowest BCUT2D eigenvalue weighted by Gasteiger charge is -2.23. The van der Waals surface area contributed by atoms with Gasteiger partial charge in [0.2, 0.25) is 0 Å². The summed E-state index contributed by atoms with van der Waals surface area (Å²) in [4.78, 5) is 15.6. The molecule has 1 aromatic rings. The summed E-state index contributed by atoms with van der Waals surface area (Å²) < 4.78 is 4.77. The van der Waals surface area contributed by atoms with E-state index in [1.807, 2.05) is 57.0 Å². The number of anilines is 2. The molecule has 0 aromatic heterocycles. The number of hydrogen-bond acceptors (Lipinski definition) is 4. The average Bonchev–Trinajstić information content (AvgIpc) is 2.27. The summed E-state index contributed by atoms with van der Waals surface area (Å²) in [6, 6.07) is 3.71. The fourth-order valence-corrected chi connectivity index (χ4v) is 1.85. The van der Waals surface area contributed by atoms with E-state index in [0.29, 0.717) is 5.56 Å².